The van der Waals surface area contributed by atoms with Crippen LogP contribution in [-0.2, 0) is 0 Å². The maximum Gasteiger partial charge on any atom is 0.00990 e. The first-order valence-electron chi connectivity index (χ1n) is 4.03. The summed E-state index contributed by atoms with van der Waals surface area (Å²) in [7, 11) is 0. The van der Waals surface area contributed by atoms with Crippen LogP contribution >= 0.6 is 0 Å². The summed E-state index contributed by atoms with van der Waals surface area (Å²) in [5, 5.41) is 3.63. The average molecular weight is 125 g/mol. The number of hydrogen-bond acceptors (Lipinski definition) is 1. The summed E-state index contributed by atoms with van der Waals surface area (Å²) < 4.78 is 0. The van der Waals surface area contributed by atoms with Crippen molar-refractivity contribution in [3.8, 4) is 0 Å². The fraction of sp³-hybridized carbons (Fsp3) is 1.00. The number of hydrogen-bond donors (Lipinski definition) is 1. The Morgan fingerprint density at radius 1 is 1.00 bits per heavy atom. The smallest absolute Gasteiger partial charge is 0.00990 e. The zero-order valence-electron chi connectivity index (χ0n) is 6.22. The predicted molar refractivity (Wildman–Crippen MR) is 38.3 cm³/mol. The van der Waals surface area contributed by atoms with Crippen molar-refractivity contribution in [1.82, 2.24) is 5.32 Å². The Kier molecular flexibility index (Phi) is 1.10. The van der Waals surface area contributed by atoms with Gasteiger partial charge in [0.15, 0.2) is 0 Å². The number of fused-ring (bicyclic) bond motifs is 2. The molecular weight excluding hydrogens is 110 g/mol. The Balaban J connectivity index is 2.10. The minimum absolute atomic E-state index is 0.866. The summed E-state index contributed by atoms with van der Waals surface area (Å²) in [6, 6.07) is 1.73. The lowest BCUT2D eigenvalue weighted by Gasteiger charge is -2.19. The first kappa shape index (κ1) is 5.72. The van der Waals surface area contributed by atoms with Crippen LogP contribution in [0.1, 0.15) is 26.7 Å². The second-order valence-electron chi connectivity index (χ2n) is 3.81. The van der Waals surface area contributed by atoms with E-state index in [0.717, 1.165) is 23.9 Å². The molecule has 0 saturated carbocycles. The molecule has 0 amide bonds. The van der Waals surface area contributed by atoms with Gasteiger partial charge >= 0.3 is 0 Å². The third kappa shape index (κ3) is 0.710. The summed E-state index contributed by atoms with van der Waals surface area (Å²) in [5.74, 6) is 1.90. The molecule has 2 bridgehead atoms. The second-order valence-corrected chi connectivity index (χ2v) is 3.81. The molecule has 0 radical (unpaired) electrons. The van der Waals surface area contributed by atoms with Gasteiger partial charge in [-0.25, -0.2) is 0 Å². The lowest BCUT2D eigenvalue weighted by molar-refractivity contribution is 0.365. The molecule has 2 fully saturated rings. The highest BCUT2D eigenvalue weighted by molar-refractivity contribution is 4.98. The van der Waals surface area contributed by atoms with Crippen LogP contribution in [-0.4, -0.2) is 12.1 Å². The van der Waals surface area contributed by atoms with Crippen LogP contribution in [0.2, 0.25) is 0 Å². The van der Waals surface area contributed by atoms with Gasteiger partial charge in [0.1, 0.15) is 0 Å². The normalized spacial score (nSPS) is 56.7. The fourth-order valence-electron chi connectivity index (χ4n) is 2.33. The largest absolute Gasteiger partial charge is 0.311 e. The van der Waals surface area contributed by atoms with E-state index in [1.165, 1.54) is 12.8 Å². The van der Waals surface area contributed by atoms with Crippen molar-refractivity contribution >= 4 is 0 Å². The van der Waals surface area contributed by atoms with Crippen molar-refractivity contribution in [2.45, 2.75) is 38.8 Å². The van der Waals surface area contributed by atoms with Crippen molar-refractivity contribution in [2.24, 2.45) is 11.8 Å². The molecule has 0 aromatic carbocycles. The van der Waals surface area contributed by atoms with Crippen LogP contribution in [0.5, 0.6) is 0 Å². The highest BCUT2D eigenvalue weighted by Gasteiger charge is 2.40. The molecule has 2 aliphatic rings. The molecule has 2 aliphatic heterocycles. The average Bonchev–Trinajstić information content (AvgIpc) is 2.24. The van der Waals surface area contributed by atoms with E-state index in [2.05, 4.69) is 19.2 Å². The molecular formula is C8H15N. The molecule has 4 atom stereocenters. The van der Waals surface area contributed by atoms with Crippen molar-refractivity contribution in [3.05, 3.63) is 0 Å². The van der Waals surface area contributed by atoms with E-state index >= 15 is 0 Å². The van der Waals surface area contributed by atoms with Gasteiger partial charge in [0.25, 0.3) is 0 Å². The van der Waals surface area contributed by atoms with Gasteiger partial charge in [-0.1, -0.05) is 13.8 Å². The molecule has 1 heteroatoms. The number of nitrogens with one attached hydrogen (secondary N) is 1. The van der Waals surface area contributed by atoms with Crippen LogP contribution in [0.25, 0.3) is 0 Å². The summed E-state index contributed by atoms with van der Waals surface area (Å²) in [5.41, 5.74) is 0. The van der Waals surface area contributed by atoms with Gasteiger partial charge in [0.05, 0.1) is 0 Å². The standard InChI is InChI=1S/C8H15N/c1-5-3-8-6(2)4-7(5)9-8/h5-9H,3-4H2,1-2H3/t5-,6-,7+,8+/m0/s1. The lowest BCUT2D eigenvalue weighted by atomic mass is 9.84. The van der Waals surface area contributed by atoms with Gasteiger partial charge in [0, 0.05) is 12.1 Å². The topological polar surface area (TPSA) is 12.0 Å². The van der Waals surface area contributed by atoms with Gasteiger partial charge in [-0.15, -0.1) is 0 Å². The summed E-state index contributed by atoms with van der Waals surface area (Å²) in [6.45, 7) is 4.73. The maximum absolute atomic E-state index is 3.63. The number of rotatable bonds is 0. The maximum atomic E-state index is 3.63. The molecule has 0 unspecified atom stereocenters. The van der Waals surface area contributed by atoms with Crippen molar-refractivity contribution < 1.29 is 0 Å². The molecule has 2 saturated heterocycles. The lowest BCUT2D eigenvalue weighted by Crippen LogP contribution is -2.21. The first-order valence-corrected chi connectivity index (χ1v) is 4.03. The molecule has 1 N–H and O–H groups in total. The highest BCUT2D eigenvalue weighted by Crippen LogP contribution is 2.36. The van der Waals surface area contributed by atoms with Crippen molar-refractivity contribution in [2.75, 3.05) is 0 Å². The summed E-state index contributed by atoms with van der Waals surface area (Å²) in [4.78, 5) is 0. The SMILES string of the molecule is C[C@H]1C[C@H]2N[C@@H]1C[C@@H]2C. The monoisotopic (exact) mass is 125 g/mol. The molecule has 9 heavy (non-hydrogen) atoms. The Morgan fingerprint density at radius 2 is 1.44 bits per heavy atom. The van der Waals surface area contributed by atoms with Crippen molar-refractivity contribution in [3.63, 3.8) is 0 Å². The minimum atomic E-state index is 0.866. The minimum Gasteiger partial charge on any atom is -0.311 e. The quantitative estimate of drug-likeness (QED) is 0.516. The van der Waals surface area contributed by atoms with Crippen LogP contribution in [0.3, 0.4) is 0 Å². The Morgan fingerprint density at radius 3 is 1.67 bits per heavy atom. The molecule has 2 heterocycles. The van der Waals surface area contributed by atoms with Crippen LogP contribution in [0, 0.1) is 11.8 Å². The van der Waals surface area contributed by atoms with Crippen molar-refractivity contribution in [1.29, 1.82) is 0 Å². The van der Waals surface area contributed by atoms with E-state index < -0.39 is 0 Å². The molecule has 0 aromatic heterocycles. The summed E-state index contributed by atoms with van der Waals surface area (Å²) >= 11 is 0. The molecule has 2 rings (SSSR count). The van der Waals surface area contributed by atoms with Gasteiger partial charge in [-0.3, -0.25) is 0 Å². The summed E-state index contributed by atoms with van der Waals surface area (Å²) in [6.07, 6.45) is 2.84. The molecule has 0 aromatic rings. The van der Waals surface area contributed by atoms with E-state index in [1.807, 2.05) is 0 Å². The zero-order chi connectivity index (χ0) is 6.43. The van der Waals surface area contributed by atoms with E-state index in [0.29, 0.717) is 0 Å². The van der Waals surface area contributed by atoms with E-state index in [4.69, 9.17) is 0 Å². The van der Waals surface area contributed by atoms with Gasteiger partial charge in [-0.2, -0.15) is 0 Å². The van der Waals surface area contributed by atoms with E-state index in [1.54, 1.807) is 0 Å². The third-order valence-corrected chi connectivity index (χ3v) is 3.05. The van der Waals surface area contributed by atoms with E-state index in [9.17, 15) is 0 Å². The van der Waals surface area contributed by atoms with Crippen LogP contribution < -0.4 is 5.32 Å². The molecule has 0 spiro atoms. The second kappa shape index (κ2) is 1.72. The predicted octanol–water partition coefficient (Wildman–Crippen LogP) is 1.39. The van der Waals surface area contributed by atoms with Gasteiger partial charge in [0.2, 0.25) is 0 Å². The van der Waals surface area contributed by atoms with Crippen LogP contribution in [0.4, 0.5) is 0 Å². The van der Waals surface area contributed by atoms with Gasteiger partial charge < -0.3 is 5.32 Å². The first-order chi connectivity index (χ1) is 4.27. The van der Waals surface area contributed by atoms with Crippen LogP contribution in [0.15, 0.2) is 0 Å². The molecule has 1 nitrogen and oxygen atoms in total. The highest BCUT2D eigenvalue weighted by atomic mass is 15.0. The van der Waals surface area contributed by atoms with Gasteiger partial charge in [-0.05, 0) is 24.7 Å². The third-order valence-electron chi connectivity index (χ3n) is 3.05. The fourth-order valence-corrected chi connectivity index (χ4v) is 2.33. The molecule has 0 aliphatic carbocycles. The zero-order valence-corrected chi connectivity index (χ0v) is 6.22. The Labute approximate surface area is 56.8 Å². The Hall–Kier alpha value is -0.0400. The Bertz CT molecular complexity index is 104. The molecule has 52 valence electrons. The van der Waals surface area contributed by atoms with E-state index in [-0.39, 0.29) is 0 Å².